The van der Waals surface area contributed by atoms with Gasteiger partial charge in [-0.1, -0.05) is 29.8 Å². The lowest BCUT2D eigenvalue weighted by atomic mass is 10.0. The van der Waals surface area contributed by atoms with Crippen molar-refractivity contribution in [3.05, 3.63) is 34.3 Å². The normalized spacial score (nSPS) is 22.5. The number of aliphatic hydroxyl groups is 1. The van der Waals surface area contributed by atoms with Gasteiger partial charge in [-0.05, 0) is 45.2 Å². The lowest BCUT2D eigenvalue weighted by molar-refractivity contribution is 0.0152. The van der Waals surface area contributed by atoms with Gasteiger partial charge in [-0.25, -0.2) is 4.79 Å². The van der Waals surface area contributed by atoms with Gasteiger partial charge in [0.1, 0.15) is 5.60 Å². The molecule has 1 N–H and O–H groups in total. The number of nitrogens with zero attached hydrogens (tertiary/aromatic N) is 1. The number of carbonyl (C=O) groups excluding carboxylic acids is 1. The molecule has 116 valence electrons. The van der Waals surface area contributed by atoms with Crippen LogP contribution in [-0.4, -0.2) is 34.3 Å². The molecule has 2 atom stereocenters. The third-order valence-electron chi connectivity index (χ3n) is 3.53. The van der Waals surface area contributed by atoms with E-state index in [9.17, 15) is 9.90 Å². The second-order valence-corrected chi connectivity index (χ2v) is 6.83. The summed E-state index contributed by atoms with van der Waals surface area (Å²) in [6, 6.07) is 5.19. The van der Waals surface area contributed by atoms with Crippen molar-refractivity contribution in [2.45, 2.75) is 51.9 Å². The standard InChI is InChI=1S/C16H22ClNO3/c1-10-6-5-7-11(13(10)17)14-12(19)8-9-18(14)15(20)21-16(2,3)4/h5-7,12,14,19H,8-9H2,1-4H3/t12-,14-/m1/s1. The molecule has 1 amide bonds. The molecule has 0 spiro atoms. The molecular weight excluding hydrogens is 290 g/mol. The van der Waals surface area contributed by atoms with Crippen molar-refractivity contribution in [3.63, 3.8) is 0 Å². The third kappa shape index (κ3) is 3.50. The second-order valence-electron chi connectivity index (χ2n) is 6.45. The Kier molecular flexibility index (Phi) is 4.49. The van der Waals surface area contributed by atoms with Crippen molar-refractivity contribution in [1.29, 1.82) is 0 Å². The van der Waals surface area contributed by atoms with E-state index < -0.39 is 23.8 Å². The van der Waals surface area contributed by atoms with Crippen LogP contribution in [0.2, 0.25) is 5.02 Å². The lowest BCUT2D eigenvalue weighted by Gasteiger charge is -2.30. The van der Waals surface area contributed by atoms with Gasteiger partial charge in [0.2, 0.25) is 0 Å². The molecule has 1 heterocycles. The SMILES string of the molecule is Cc1cccc([C@@H]2[C@H](O)CCN2C(=O)OC(C)(C)C)c1Cl. The molecule has 0 aromatic heterocycles. The zero-order chi connectivity index (χ0) is 15.8. The number of aryl methyl sites for hydroxylation is 1. The monoisotopic (exact) mass is 311 g/mol. The summed E-state index contributed by atoms with van der Waals surface area (Å²) in [7, 11) is 0. The highest BCUT2D eigenvalue weighted by atomic mass is 35.5. The molecule has 21 heavy (non-hydrogen) atoms. The summed E-state index contributed by atoms with van der Waals surface area (Å²) in [5.41, 5.74) is 1.14. The first-order valence-electron chi connectivity index (χ1n) is 7.13. The van der Waals surface area contributed by atoms with Gasteiger partial charge in [-0.2, -0.15) is 0 Å². The summed E-state index contributed by atoms with van der Waals surface area (Å²) in [6.07, 6.45) is -0.521. The Bertz CT molecular complexity index is 539. The smallest absolute Gasteiger partial charge is 0.410 e. The Morgan fingerprint density at radius 1 is 1.43 bits per heavy atom. The van der Waals surface area contributed by atoms with E-state index in [-0.39, 0.29) is 0 Å². The number of amides is 1. The minimum absolute atomic E-state index is 0.415. The molecule has 1 aromatic carbocycles. The van der Waals surface area contributed by atoms with Crippen molar-refractivity contribution in [2.75, 3.05) is 6.54 Å². The van der Waals surface area contributed by atoms with E-state index in [1.807, 2.05) is 45.9 Å². The Labute approximate surface area is 130 Å². The van der Waals surface area contributed by atoms with Crippen LogP contribution in [0, 0.1) is 6.92 Å². The largest absolute Gasteiger partial charge is 0.444 e. The molecule has 1 fully saturated rings. The number of likely N-dealkylation sites (tertiary alicyclic amines) is 1. The number of rotatable bonds is 1. The zero-order valence-corrected chi connectivity index (χ0v) is 13.6. The summed E-state index contributed by atoms with van der Waals surface area (Å²) in [6.45, 7) is 7.85. The van der Waals surface area contributed by atoms with Gasteiger partial charge >= 0.3 is 6.09 Å². The molecule has 0 radical (unpaired) electrons. The summed E-state index contributed by atoms with van der Waals surface area (Å²) in [4.78, 5) is 13.9. The van der Waals surface area contributed by atoms with Crippen molar-refractivity contribution in [1.82, 2.24) is 4.90 Å². The van der Waals surface area contributed by atoms with Crippen LogP contribution in [0.1, 0.15) is 44.4 Å². The molecule has 0 aliphatic carbocycles. The molecule has 2 rings (SSSR count). The predicted molar refractivity (Wildman–Crippen MR) is 82.5 cm³/mol. The van der Waals surface area contributed by atoms with E-state index in [0.29, 0.717) is 18.0 Å². The Hall–Kier alpha value is -1.26. The Morgan fingerprint density at radius 3 is 2.71 bits per heavy atom. The summed E-state index contributed by atoms with van der Waals surface area (Å²) < 4.78 is 5.42. The fourth-order valence-electron chi connectivity index (χ4n) is 2.58. The van der Waals surface area contributed by atoms with Crippen LogP contribution in [-0.2, 0) is 4.74 Å². The molecule has 0 bridgehead atoms. The highest BCUT2D eigenvalue weighted by Crippen LogP contribution is 2.38. The van der Waals surface area contributed by atoms with Gasteiger partial charge < -0.3 is 9.84 Å². The Balaban J connectivity index is 2.31. The molecule has 1 aliphatic heterocycles. The molecule has 5 heteroatoms. The third-order valence-corrected chi connectivity index (χ3v) is 4.05. The molecule has 4 nitrogen and oxygen atoms in total. The average Bonchev–Trinajstić information content (AvgIpc) is 2.73. The fourth-order valence-corrected chi connectivity index (χ4v) is 2.81. The molecule has 0 unspecified atom stereocenters. The quantitative estimate of drug-likeness (QED) is 0.860. The van der Waals surface area contributed by atoms with E-state index in [2.05, 4.69) is 0 Å². The number of hydrogen-bond donors (Lipinski definition) is 1. The van der Waals surface area contributed by atoms with E-state index >= 15 is 0 Å². The lowest BCUT2D eigenvalue weighted by Crippen LogP contribution is -2.38. The zero-order valence-electron chi connectivity index (χ0n) is 12.9. The highest BCUT2D eigenvalue weighted by molar-refractivity contribution is 6.32. The van der Waals surface area contributed by atoms with E-state index in [0.717, 1.165) is 11.1 Å². The second kappa shape index (κ2) is 5.85. The van der Waals surface area contributed by atoms with Gasteiger partial charge in [0.05, 0.1) is 12.1 Å². The van der Waals surface area contributed by atoms with Crippen LogP contribution >= 0.6 is 11.6 Å². The maximum atomic E-state index is 12.3. The van der Waals surface area contributed by atoms with Gasteiger partial charge in [-0.3, -0.25) is 4.90 Å². The van der Waals surface area contributed by atoms with Gasteiger partial charge in [0.15, 0.2) is 0 Å². The first-order valence-corrected chi connectivity index (χ1v) is 7.51. The first kappa shape index (κ1) is 16.1. The highest BCUT2D eigenvalue weighted by Gasteiger charge is 2.40. The van der Waals surface area contributed by atoms with Crippen LogP contribution in [0.25, 0.3) is 0 Å². The maximum Gasteiger partial charge on any atom is 0.410 e. The topological polar surface area (TPSA) is 49.8 Å². The van der Waals surface area contributed by atoms with Crippen LogP contribution in [0.4, 0.5) is 4.79 Å². The van der Waals surface area contributed by atoms with Crippen LogP contribution in [0.5, 0.6) is 0 Å². The molecule has 0 saturated carbocycles. The minimum Gasteiger partial charge on any atom is -0.444 e. The maximum absolute atomic E-state index is 12.3. The molecule has 1 saturated heterocycles. The average molecular weight is 312 g/mol. The molecule has 1 aliphatic rings. The van der Waals surface area contributed by atoms with E-state index in [1.54, 1.807) is 4.90 Å². The van der Waals surface area contributed by atoms with Crippen LogP contribution < -0.4 is 0 Å². The van der Waals surface area contributed by atoms with Crippen molar-refractivity contribution < 1.29 is 14.6 Å². The summed E-state index contributed by atoms with van der Waals surface area (Å²) >= 11 is 6.35. The molecule has 1 aromatic rings. The first-order chi connectivity index (χ1) is 9.70. The van der Waals surface area contributed by atoms with Crippen molar-refractivity contribution in [2.24, 2.45) is 0 Å². The minimum atomic E-state index is -0.628. The summed E-state index contributed by atoms with van der Waals surface area (Å²) in [5, 5.41) is 10.9. The Morgan fingerprint density at radius 2 is 2.10 bits per heavy atom. The van der Waals surface area contributed by atoms with Crippen molar-refractivity contribution >= 4 is 17.7 Å². The number of hydrogen-bond acceptors (Lipinski definition) is 3. The van der Waals surface area contributed by atoms with Gasteiger partial charge in [0, 0.05) is 11.6 Å². The molecular formula is C16H22ClNO3. The number of aliphatic hydroxyl groups excluding tert-OH is 1. The van der Waals surface area contributed by atoms with E-state index in [1.165, 1.54) is 0 Å². The van der Waals surface area contributed by atoms with E-state index in [4.69, 9.17) is 16.3 Å². The number of carbonyl (C=O) groups is 1. The number of ether oxygens (including phenoxy) is 1. The van der Waals surface area contributed by atoms with Crippen LogP contribution in [0.15, 0.2) is 18.2 Å². The van der Waals surface area contributed by atoms with Crippen LogP contribution in [0.3, 0.4) is 0 Å². The van der Waals surface area contributed by atoms with Gasteiger partial charge in [-0.15, -0.1) is 0 Å². The fraction of sp³-hybridized carbons (Fsp3) is 0.562. The van der Waals surface area contributed by atoms with Crippen molar-refractivity contribution in [3.8, 4) is 0 Å². The summed E-state index contributed by atoms with van der Waals surface area (Å²) in [5.74, 6) is 0. The number of benzene rings is 1. The number of halogens is 1. The van der Waals surface area contributed by atoms with Gasteiger partial charge in [0.25, 0.3) is 0 Å². The predicted octanol–water partition coefficient (Wildman–Crippen LogP) is 3.69.